The van der Waals surface area contributed by atoms with Crippen molar-refractivity contribution in [3.05, 3.63) is 0 Å². The highest BCUT2D eigenvalue weighted by atomic mass is 15.2. The Balaban J connectivity index is 2.27. The van der Waals surface area contributed by atoms with Crippen LogP contribution in [0.3, 0.4) is 0 Å². The number of hydrogen-bond donors (Lipinski definition) is 1. The third kappa shape index (κ3) is 13.1. The third-order valence-electron chi connectivity index (χ3n) is 5.68. The summed E-state index contributed by atoms with van der Waals surface area (Å²) in [5.41, 5.74) is 0. The molecule has 1 aliphatic heterocycles. The number of unbranched alkanes of at least 4 members (excludes halogenated alkanes) is 6. The van der Waals surface area contributed by atoms with Crippen molar-refractivity contribution in [2.45, 2.75) is 71.6 Å². The molecule has 1 aliphatic rings. The minimum atomic E-state index is 1.13. The van der Waals surface area contributed by atoms with Crippen LogP contribution in [0.15, 0.2) is 0 Å². The molecule has 0 saturated carbocycles. The van der Waals surface area contributed by atoms with Gasteiger partial charge < -0.3 is 20.0 Å². The number of hydrogen-bond acceptors (Lipinski definition) is 4. The van der Waals surface area contributed by atoms with Crippen LogP contribution in [-0.2, 0) is 0 Å². The second-order valence-electron chi connectivity index (χ2n) is 8.21. The topological polar surface area (TPSA) is 21.8 Å². The summed E-state index contributed by atoms with van der Waals surface area (Å²) in [6.45, 7) is 16.9. The van der Waals surface area contributed by atoms with Gasteiger partial charge in [0.1, 0.15) is 0 Å². The molecule has 0 amide bonds. The Labute approximate surface area is 164 Å². The molecule has 0 spiro atoms. The van der Waals surface area contributed by atoms with Crippen LogP contribution in [0, 0.1) is 0 Å². The maximum absolute atomic E-state index is 3.60. The van der Waals surface area contributed by atoms with Gasteiger partial charge in [-0.25, -0.2) is 0 Å². The van der Waals surface area contributed by atoms with E-state index >= 15 is 0 Å². The minimum Gasteiger partial charge on any atom is -0.314 e. The van der Waals surface area contributed by atoms with E-state index in [-0.39, 0.29) is 0 Å². The molecule has 0 aromatic carbocycles. The summed E-state index contributed by atoms with van der Waals surface area (Å²) in [7, 11) is 2.25. The highest BCUT2D eigenvalue weighted by Crippen LogP contribution is 2.07. The zero-order chi connectivity index (χ0) is 18.9. The first-order valence-corrected chi connectivity index (χ1v) is 11.6. The van der Waals surface area contributed by atoms with Gasteiger partial charge in [0.25, 0.3) is 0 Å². The van der Waals surface area contributed by atoms with Gasteiger partial charge in [0.15, 0.2) is 0 Å². The Morgan fingerprint density at radius 2 is 1.42 bits per heavy atom. The minimum absolute atomic E-state index is 1.13. The normalized spacial score (nSPS) is 18.5. The molecule has 1 rings (SSSR count). The van der Waals surface area contributed by atoms with Gasteiger partial charge in [-0.15, -0.1) is 0 Å². The van der Waals surface area contributed by atoms with E-state index in [1.165, 1.54) is 110 Å². The Morgan fingerprint density at radius 3 is 2.23 bits per heavy atom. The first-order valence-electron chi connectivity index (χ1n) is 11.6. The maximum Gasteiger partial charge on any atom is 0.0110 e. The molecule has 0 aromatic heterocycles. The molecule has 4 nitrogen and oxygen atoms in total. The molecule has 1 N–H and O–H groups in total. The van der Waals surface area contributed by atoms with Crippen molar-refractivity contribution in [3.8, 4) is 0 Å². The lowest BCUT2D eigenvalue weighted by molar-refractivity contribution is 0.186. The van der Waals surface area contributed by atoms with Crippen molar-refractivity contribution in [1.29, 1.82) is 0 Å². The van der Waals surface area contributed by atoms with Gasteiger partial charge in [-0.05, 0) is 52.5 Å². The van der Waals surface area contributed by atoms with E-state index in [2.05, 4.69) is 40.9 Å². The van der Waals surface area contributed by atoms with Crippen LogP contribution in [-0.4, -0.2) is 87.2 Å². The standard InChI is InChI=1S/C22H48N4/c1-4-6-8-9-10-11-17-25(16-7-5-2)21-22-26-18-12-15-24(3)19-13-23-14-20-26/h23H,4-22H2,1-3H3. The maximum atomic E-state index is 3.60. The summed E-state index contributed by atoms with van der Waals surface area (Å²) < 4.78 is 0. The van der Waals surface area contributed by atoms with E-state index in [1.807, 2.05) is 0 Å². The molecule has 0 bridgehead atoms. The van der Waals surface area contributed by atoms with Crippen LogP contribution in [0.2, 0.25) is 0 Å². The molecule has 4 heteroatoms. The van der Waals surface area contributed by atoms with Crippen molar-refractivity contribution >= 4 is 0 Å². The number of nitrogens with one attached hydrogen (secondary N) is 1. The van der Waals surface area contributed by atoms with Gasteiger partial charge in [0.05, 0.1) is 0 Å². The highest BCUT2D eigenvalue weighted by molar-refractivity contribution is 4.68. The molecule has 1 saturated heterocycles. The lowest BCUT2D eigenvalue weighted by Gasteiger charge is -2.29. The zero-order valence-corrected chi connectivity index (χ0v) is 18.3. The van der Waals surface area contributed by atoms with Crippen molar-refractivity contribution in [2.24, 2.45) is 0 Å². The number of likely N-dealkylation sites (N-methyl/N-ethyl adjacent to an activating group) is 1. The molecular formula is C22H48N4. The summed E-state index contributed by atoms with van der Waals surface area (Å²) in [6.07, 6.45) is 12.4. The third-order valence-corrected chi connectivity index (χ3v) is 5.68. The average molecular weight is 369 g/mol. The van der Waals surface area contributed by atoms with Crippen molar-refractivity contribution in [3.63, 3.8) is 0 Å². The van der Waals surface area contributed by atoms with Crippen molar-refractivity contribution < 1.29 is 0 Å². The van der Waals surface area contributed by atoms with Crippen molar-refractivity contribution in [1.82, 2.24) is 20.0 Å². The Kier molecular flexibility index (Phi) is 15.6. The quantitative estimate of drug-likeness (QED) is 0.501. The second-order valence-corrected chi connectivity index (χ2v) is 8.21. The Morgan fingerprint density at radius 1 is 0.731 bits per heavy atom. The van der Waals surface area contributed by atoms with E-state index in [1.54, 1.807) is 0 Å². The van der Waals surface area contributed by atoms with Crippen LogP contribution in [0.25, 0.3) is 0 Å². The fourth-order valence-electron chi connectivity index (χ4n) is 3.76. The van der Waals surface area contributed by atoms with Gasteiger partial charge in [-0.1, -0.05) is 52.4 Å². The van der Waals surface area contributed by atoms with E-state index in [0.29, 0.717) is 0 Å². The number of rotatable bonds is 13. The van der Waals surface area contributed by atoms with E-state index in [4.69, 9.17) is 0 Å². The van der Waals surface area contributed by atoms with Crippen LogP contribution < -0.4 is 5.32 Å². The molecule has 156 valence electrons. The Hall–Kier alpha value is -0.160. The number of nitrogens with zero attached hydrogens (tertiary/aromatic N) is 3. The first kappa shape index (κ1) is 23.9. The molecule has 1 heterocycles. The monoisotopic (exact) mass is 368 g/mol. The molecule has 0 radical (unpaired) electrons. The lowest BCUT2D eigenvalue weighted by atomic mass is 10.1. The smallest absolute Gasteiger partial charge is 0.0110 e. The predicted molar refractivity (Wildman–Crippen MR) is 116 cm³/mol. The van der Waals surface area contributed by atoms with E-state index < -0.39 is 0 Å². The average Bonchev–Trinajstić information content (AvgIpc) is 2.65. The molecule has 0 unspecified atom stereocenters. The zero-order valence-electron chi connectivity index (χ0n) is 18.3. The second kappa shape index (κ2) is 17.0. The summed E-state index contributed by atoms with van der Waals surface area (Å²) in [5, 5.41) is 3.60. The van der Waals surface area contributed by atoms with Gasteiger partial charge in [0, 0.05) is 39.3 Å². The van der Waals surface area contributed by atoms with Crippen molar-refractivity contribution in [2.75, 3.05) is 72.5 Å². The van der Waals surface area contributed by atoms with Crippen LogP contribution in [0.4, 0.5) is 0 Å². The van der Waals surface area contributed by atoms with E-state index in [0.717, 1.165) is 13.1 Å². The molecule has 0 aromatic rings. The fourth-order valence-corrected chi connectivity index (χ4v) is 3.76. The predicted octanol–water partition coefficient (Wildman–Crippen LogP) is 3.68. The molecule has 0 aliphatic carbocycles. The van der Waals surface area contributed by atoms with Crippen LogP contribution in [0.5, 0.6) is 0 Å². The van der Waals surface area contributed by atoms with Gasteiger partial charge in [-0.3, -0.25) is 0 Å². The van der Waals surface area contributed by atoms with Crippen LogP contribution >= 0.6 is 0 Å². The fraction of sp³-hybridized carbons (Fsp3) is 1.00. The first-order chi connectivity index (χ1) is 12.8. The summed E-state index contributed by atoms with van der Waals surface area (Å²) in [5.74, 6) is 0. The van der Waals surface area contributed by atoms with Gasteiger partial charge in [0.2, 0.25) is 0 Å². The lowest BCUT2D eigenvalue weighted by Crippen LogP contribution is -2.42. The summed E-state index contributed by atoms with van der Waals surface area (Å²) in [6, 6.07) is 0. The van der Waals surface area contributed by atoms with Crippen LogP contribution in [0.1, 0.15) is 71.6 Å². The van der Waals surface area contributed by atoms with Gasteiger partial charge in [-0.2, -0.15) is 0 Å². The summed E-state index contributed by atoms with van der Waals surface area (Å²) >= 11 is 0. The largest absolute Gasteiger partial charge is 0.314 e. The van der Waals surface area contributed by atoms with E-state index in [9.17, 15) is 0 Å². The summed E-state index contributed by atoms with van der Waals surface area (Å²) in [4.78, 5) is 7.89. The highest BCUT2D eigenvalue weighted by Gasteiger charge is 2.11. The molecular weight excluding hydrogens is 320 g/mol. The SMILES string of the molecule is CCCCCCCCN(CCCC)CCN1CCCN(C)CCNCC1. The molecule has 26 heavy (non-hydrogen) atoms. The Bertz CT molecular complexity index is 298. The van der Waals surface area contributed by atoms with Gasteiger partial charge >= 0.3 is 0 Å². The molecule has 0 atom stereocenters. The molecule has 1 fully saturated rings.